The summed E-state index contributed by atoms with van der Waals surface area (Å²) >= 11 is 1.38. The van der Waals surface area contributed by atoms with Gasteiger partial charge >= 0.3 is 0 Å². The summed E-state index contributed by atoms with van der Waals surface area (Å²) < 4.78 is 11.9. The summed E-state index contributed by atoms with van der Waals surface area (Å²) in [7, 11) is 1.62. The molecule has 0 aliphatic rings. The maximum Gasteiger partial charge on any atom is 0.280 e. The number of hydrazone groups is 1. The van der Waals surface area contributed by atoms with E-state index < -0.39 is 0 Å². The second kappa shape index (κ2) is 9.83. The molecule has 1 amide bonds. The highest BCUT2D eigenvalue weighted by Gasteiger charge is 2.21. The zero-order valence-corrected chi connectivity index (χ0v) is 19.8. The van der Waals surface area contributed by atoms with Crippen molar-refractivity contribution in [3.05, 3.63) is 83.4 Å². The average molecular weight is 460 g/mol. The van der Waals surface area contributed by atoms with E-state index in [9.17, 15) is 4.79 Å². The Kier molecular flexibility index (Phi) is 6.70. The Balaban J connectivity index is 1.70. The number of hydrogen-bond donors (Lipinski definition) is 0. The summed E-state index contributed by atoms with van der Waals surface area (Å²) in [4.78, 5) is 18.1. The van der Waals surface area contributed by atoms with Gasteiger partial charge in [-0.25, -0.2) is 4.98 Å². The van der Waals surface area contributed by atoms with Crippen molar-refractivity contribution in [1.29, 1.82) is 0 Å². The first-order valence-corrected chi connectivity index (χ1v) is 11.4. The highest BCUT2D eigenvalue weighted by Crippen LogP contribution is 2.32. The maximum absolute atomic E-state index is 13.5. The lowest BCUT2D eigenvalue weighted by atomic mass is 10.2. The topological polar surface area (TPSA) is 64.0 Å². The van der Waals surface area contributed by atoms with Crippen LogP contribution in [-0.4, -0.2) is 30.3 Å². The molecule has 6 nitrogen and oxygen atoms in total. The Hall–Kier alpha value is -3.71. The third-order valence-electron chi connectivity index (χ3n) is 4.83. The third-order valence-corrected chi connectivity index (χ3v) is 5.82. The number of ether oxygens (including phenoxy) is 2. The summed E-state index contributed by atoms with van der Waals surface area (Å²) in [6, 6.07) is 20.6. The van der Waals surface area contributed by atoms with Crippen LogP contribution in [0.4, 0.5) is 5.13 Å². The lowest BCUT2D eigenvalue weighted by molar-refractivity contribution is 0.0988. The number of hydrogen-bond acceptors (Lipinski definition) is 6. The van der Waals surface area contributed by atoms with E-state index in [2.05, 4.69) is 10.1 Å². The van der Waals surface area contributed by atoms with Crippen LogP contribution in [0, 0.1) is 6.92 Å². The highest BCUT2D eigenvalue weighted by atomic mass is 32.1. The number of carbonyl (C=O) groups excluding carboxylic acids is 1. The molecule has 0 aliphatic heterocycles. The van der Waals surface area contributed by atoms with Gasteiger partial charge in [-0.15, -0.1) is 0 Å². The van der Waals surface area contributed by atoms with Crippen LogP contribution in [0.5, 0.6) is 11.5 Å². The van der Waals surface area contributed by atoms with Crippen LogP contribution in [0.25, 0.3) is 10.2 Å². The molecular weight excluding hydrogens is 434 g/mol. The zero-order valence-electron chi connectivity index (χ0n) is 19.0. The normalized spacial score (nSPS) is 11.3. The van der Waals surface area contributed by atoms with Gasteiger partial charge in [0.1, 0.15) is 11.5 Å². The van der Waals surface area contributed by atoms with Crippen molar-refractivity contribution in [2.45, 2.75) is 26.9 Å². The summed E-state index contributed by atoms with van der Waals surface area (Å²) in [5.41, 5.74) is 3.31. The van der Waals surface area contributed by atoms with E-state index in [1.807, 2.05) is 63.2 Å². The molecule has 1 heterocycles. The molecule has 0 radical (unpaired) electrons. The summed E-state index contributed by atoms with van der Waals surface area (Å²) in [5.74, 6) is 1.17. The molecule has 1 aromatic heterocycles. The van der Waals surface area contributed by atoms with Crippen LogP contribution < -0.4 is 14.5 Å². The maximum atomic E-state index is 13.5. The second-order valence-corrected chi connectivity index (χ2v) is 8.80. The number of aryl methyl sites for hydroxylation is 1. The molecule has 0 unspecified atom stereocenters. The Bertz CT molecular complexity index is 1280. The average Bonchev–Trinajstić information content (AvgIpc) is 3.23. The van der Waals surface area contributed by atoms with Gasteiger partial charge in [0, 0.05) is 5.56 Å². The first-order chi connectivity index (χ1) is 15.9. The molecule has 0 fully saturated rings. The summed E-state index contributed by atoms with van der Waals surface area (Å²) in [5, 5.41) is 6.35. The van der Waals surface area contributed by atoms with E-state index in [4.69, 9.17) is 9.47 Å². The number of aromatic nitrogens is 1. The highest BCUT2D eigenvalue weighted by molar-refractivity contribution is 7.22. The predicted molar refractivity (Wildman–Crippen MR) is 134 cm³/mol. The Morgan fingerprint density at radius 1 is 1.03 bits per heavy atom. The fourth-order valence-electron chi connectivity index (χ4n) is 3.15. The molecule has 33 heavy (non-hydrogen) atoms. The van der Waals surface area contributed by atoms with Gasteiger partial charge in [0.25, 0.3) is 5.91 Å². The van der Waals surface area contributed by atoms with Gasteiger partial charge in [0.2, 0.25) is 5.13 Å². The quantitative estimate of drug-likeness (QED) is 0.248. The van der Waals surface area contributed by atoms with E-state index in [1.54, 1.807) is 37.6 Å². The molecule has 0 aliphatic carbocycles. The van der Waals surface area contributed by atoms with Gasteiger partial charge in [-0.3, -0.25) is 4.79 Å². The van der Waals surface area contributed by atoms with E-state index >= 15 is 0 Å². The van der Waals surface area contributed by atoms with Gasteiger partial charge in [0.15, 0.2) is 0 Å². The van der Waals surface area contributed by atoms with Crippen LogP contribution in [0.2, 0.25) is 0 Å². The van der Waals surface area contributed by atoms with Gasteiger partial charge in [-0.1, -0.05) is 41.2 Å². The van der Waals surface area contributed by atoms with Crippen molar-refractivity contribution in [3.8, 4) is 11.5 Å². The molecule has 3 aromatic carbocycles. The zero-order chi connectivity index (χ0) is 23.4. The standard InChI is InChI=1S/C26H25N3O3S/c1-17(2)32-21-11-9-20(10-12-21)25(30)29(27-16-19-7-5-18(3)6-8-19)26-28-23-14-13-22(31-4)15-24(23)33-26/h5-17H,1-4H3/b27-16+. The van der Waals surface area contributed by atoms with Gasteiger partial charge in [-0.05, 0) is 68.8 Å². The Morgan fingerprint density at radius 2 is 1.73 bits per heavy atom. The van der Waals surface area contributed by atoms with Crippen LogP contribution in [0.3, 0.4) is 0 Å². The van der Waals surface area contributed by atoms with Gasteiger partial charge < -0.3 is 9.47 Å². The molecular formula is C26H25N3O3S. The third kappa shape index (κ3) is 5.38. The molecule has 4 rings (SSSR count). The number of fused-ring (bicyclic) bond motifs is 1. The van der Waals surface area contributed by atoms with E-state index in [1.165, 1.54) is 16.3 Å². The van der Waals surface area contributed by atoms with Crippen molar-refractivity contribution in [2.24, 2.45) is 5.10 Å². The second-order valence-electron chi connectivity index (χ2n) is 7.79. The van der Waals surface area contributed by atoms with Crippen molar-refractivity contribution in [1.82, 2.24) is 4.98 Å². The number of thiazole rings is 1. The first-order valence-electron chi connectivity index (χ1n) is 10.6. The minimum Gasteiger partial charge on any atom is -0.497 e. The molecule has 0 bridgehead atoms. The van der Waals surface area contributed by atoms with E-state index in [0.717, 1.165) is 27.1 Å². The van der Waals surface area contributed by atoms with Gasteiger partial charge in [-0.2, -0.15) is 10.1 Å². The molecule has 0 saturated heterocycles. The van der Waals surface area contributed by atoms with Crippen LogP contribution in [0.1, 0.15) is 35.3 Å². The minimum atomic E-state index is -0.277. The Morgan fingerprint density at radius 3 is 2.39 bits per heavy atom. The van der Waals surface area contributed by atoms with Crippen molar-refractivity contribution >= 4 is 38.8 Å². The number of methoxy groups -OCH3 is 1. The number of rotatable bonds is 7. The first kappa shape index (κ1) is 22.5. The van der Waals surface area contributed by atoms with Crippen molar-refractivity contribution < 1.29 is 14.3 Å². The van der Waals surface area contributed by atoms with Crippen LogP contribution in [0.15, 0.2) is 71.8 Å². The molecule has 0 atom stereocenters. The molecule has 0 saturated carbocycles. The van der Waals surface area contributed by atoms with E-state index in [0.29, 0.717) is 16.4 Å². The number of amides is 1. The lowest BCUT2D eigenvalue weighted by Crippen LogP contribution is -2.25. The molecule has 0 spiro atoms. The lowest BCUT2D eigenvalue weighted by Gasteiger charge is -2.15. The largest absolute Gasteiger partial charge is 0.497 e. The van der Waals surface area contributed by atoms with E-state index in [-0.39, 0.29) is 12.0 Å². The fourth-order valence-corrected chi connectivity index (χ4v) is 4.10. The van der Waals surface area contributed by atoms with Crippen LogP contribution in [-0.2, 0) is 0 Å². The molecule has 4 aromatic rings. The monoisotopic (exact) mass is 459 g/mol. The molecule has 7 heteroatoms. The molecule has 0 N–H and O–H groups in total. The smallest absolute Gasteiger partial charge is 0.280 e. The fraction of sp³-hybridized carbons (Fsp3) is 0.192. The van der Waals surface area contributed by atoms with Crippen molar-refractivity contribution in [3.63, 3.8) is 0 Å². The van der Waals surface area contributed by atoms with Crippen LogP contribution >= 0.6 is 11.3 Å². The minimum absolute atomic E-state index is 0.0573. The number of carbonyl (C=O) groups is 1. The predicted octanol–water partition coefficient (Wildman–Crippen LogP) is 6.08. The number of benzene rings is 3. The SMILES string of the molecule is COc1ccc2nc(N(/N=C/c3ccc(C)cc3)C(=O)c3ccc(OC(C)C)cc3)sc2c1. The number of nitrogens with zero attached hydrogens (tertiary/aromatic N) is 3. The number of anilines is 1. The summed E-state index contributed by atoms with van der Waals surface area (Å²) in [6.07, 6.45) is 1.72. The molecule has 168 valence electrons. The summed E-state index contributed by atoms with van der Waals surface area (Å²) in [6.45, 7) is 5.95. The van der Waals surface area contributed by atoms with Crippen molar-refractivity contribution in [2.75, 3.05) is 12.1 Å². The Labute approximate surface area is 197 Å². The van der Waals surface area contributed by atoms with Gasteiger partial charge in [0.05, 0.1) is 29.6 Å².